The molecule has 0 N–H and O–H groups in total. The maximum Gasteiger partial charge on any atom is 0.375 e. The van der Waals surface area contributed by atoms with Crippen LogP contribution in [0.2, 0.25) is 0 Å². The molecule has 0 radical (unpaired) electrons. The lowest BCUT2D eigenvalue weighted by Gasteiger charge is -2.02. The number of aromatic nitrogens is 1. The second-order valence-corrected chi connectivity index (χ2v) is 4.84. The zero-order valence-corrected chi connectivity index (χ0v) is 12.7. The molecule has 0 aliphatic carbocycles. The van der Waals surface area contributed by atoms with Gasteiger partial charge in [-0.05, 0) is 6.07 Å². The first kappa shape index (κ1) is 14.8. The van der Waals surface area contributed by atoms with E-state index in [4.69, 9.17) is 9.15 Å². The predicted molar refractivity (Wildman–Crippen MR) is 80.7 cm³/mol. The highest BCUT2D eigenvalue weighted by Gasteiger charge is 2.32. The minimum atomic E-state index is -0.819. The normalized spacial score (nSPS) is 10.9. The number of carbonyl (C=O) groups excluding carboxylic acids is 3. The number of benzene rings is 1. The fourth-order valence-electron chi connectivity index (χ4n) is 2.66. The van der Waals surface area contributed by atoms with Crippen molar-refractivity contribution in [2.45, 2.75) is 6.92 Å². The second-order valence-electron chi connectivity index (χ2n) is 4.84. The lowest BCUT2D eigenvalue weighted by Crippen LogP contribution is -2.09. The quantitative estimate of drug-likeness (QED) is 0.675. The third-order valence-electron chi connectivity index (χ3n) is 3.58. The largest absolute Gasteiger partial charge is 0.465 e. The van der Waals surface area contributed by atoms with E-state index in [1.807, 2.05) is 0 Å². The van der Waals surface area contributed by atoms with Crippen LogP contribution in [0.3, 0.4) is 0 Å². The van der Waals surface area contributed by atoms with Gasteiger partial charge in [0.25, 0.3) is 0 Å². The average molecular weight is 315 g/mol. The van der Waals surface area contributed by atoms with Gasteiger partial charge in [-0.25, -0.2) is 14.2 Å². The van der Waals surface area contributed by atoms with E-state index in [0.717, 1.165) is 0 Å². The molecule has 0 amide bonds. The summed E-state index contributed by atoms with van der Waals surface area (Å²) in [4.78, 5) is 36.1. The number of hydrogen-bond acceptors (Lipinski definition) is 6. The summed E-state index contributed by atoms with van der Waals surface area (Å²) in [6.45, 7) is 1.37. The van der Waals surface area contributed by atoms with Gasteiger partial charge in [0.1, 0.15) is 5.56 Å². The molecule has 0 fully saturated rings. The molecule has 0 bridgehead atoms. The van der Waals surface area contributed by atoms with Crippen molar-refractivity contribution in [1.29, 1.82) is 0 Å². The molecule has 0 saturated carbocycles. The summed E-state index contributed by atoms with van der Waals surface area (Å²) in [6, 6.07) is 6.99. The van der Waals surface area contributed by atoms with Crippen LogP contribution < -0.4 is 0 Å². The summed E-state index contributed by atoms with van der Waals surface area (Å²) in [6.07, 6.45) is 0. The van der Waals surface area contributed by atoms with Crippen molar-refractivity contribution < 1.29 is 28.3 Å². The Bertz CT molecular complexity index is 962. The molecule has 3 rings (SSSR count). The fourth-order valence-corrected chi connectivity index (χ4v) is 2.66. The summed E-state index contributed by atoms with van der Waals surface area (Å²) >= 11 is 0. The van der Waals surface area contributed by atoms with Crippen LogP contribution in [-0.2, 0) is 9.47 Å². The number of nitrogens with zero attached hydrogens (tertiary/aromatic N) is 1. The SMILES string of the molecule is COC(=O)c1oc2c(c1C(=O)OC)c1ccccc1n2C(C)=O. The van der Waals surface area contributed by atoms with E-state index in [0.29, 0.717) is 16.3 Å². The van der Waals surface area contributed by atoms with Crippen LogP contribution in [0.5, 0.6) is 0 Å². The summed E-state index contributed by atoms with van der Waals surface area (Å²) < 4.78 is 16.2. The Balaban J connectivity index is 2.54. The number of carbonyl (C=O) groups is 3. The maximum absolute atomic E-state index is 12.2. The van der Waals surface area contributed by atoms with Crippen molar-refractivity contribution in [3.8, 4) is 0 Å². The first-order valence-corrected chi connectivity index (χ1v) is 6.74. The van der Waals surface area contributed by atoms with Gasteiger partial charge in [0.15, 0.2) is 0 Å². The van der Waals surface area contributed by atoms with Gasteiger partial charge >= 0.3 is 11.9 Å². The molecule has 0 spiro atoms. The van der Waals surface area contributed by atoms with E-state index < -0.39 is 11.9 Å². The average Bonchev–Trinajstić information content (AvgIpc) is 3.07. The van der Waals surface area contributed by atoms with Crippen molar-refractivity contribution in [3.05, 3.63) is 35.6 Å². The molecule has 118 valence electrons. The van der Waals surface area contributed by atoms with Crippen molar-refractivity contribution in [1.82, 2.24) is 4.57 Å². The van der Waals surface area contributed by atoms with Gasteiger partial charge in [0.2, 0.25) is 17.4 Å². The Morgan fingerprint density at radius 2 is 1.70 bits per heavy atom. The highest BCUT2D eigenvalue weighted by atomic mass is 16.5. The van der Waals surface area contributed by atoms with Crippen LogP contribution >= 0.6 is 0 Å². The zero-order valence-electron chi connectivity index (χ0n) is 12.7. The predicted octanol–water partition coefficient (Wildman–Crippen LogP) is 2.62. The monoisotopic (exact) mass is 315 g/mol. The molecule has 7 heteroatoms. The third kappa shape index (κ3) is 2.01. The van der Waals surface area contributed by atoms with E-state index in [9.17, 15) is 14.4 Å². The van der Waals surface area contributed by atoms with Crippen LogP contribution in [0.15, 0.2) is 28.7 Å². The molecule has 0 saturated heterocycles. The lowest BCUT2D eigenvalue weighted by molar-refractivity contribution is 0.0530. The Hall–Kier alpha value is -3.09. The number of fused-ring (bicyclic) bond motifs is 3. The van der Waals surface area contributed by atoms with E-state index in [2.05, 4.69) is 4.74 Å². The molecule has 7 nitrogen and oxygen atoms in total. The number of furan rings is 1. The summed E-state index contributed by atoms with van der Waals surface area (Å²) in [7, 11) is 2.38. The minimum Gasteiger partial charge on any atom is -0.465 e. The highest BCUT2D eigenvalue weighted by Crippen LogP contribution is 2.36. The zero-order chi connectivity index (χ0) is 16.7. The Morgan fingerprint density at radius 3 is 2.30 bits per heavy atom. The molecule has 2 aromatic heterocycles. The van der Waals surface area contributed by atoms with Gasteiger partial charge in [-0.2, -0.15) is 0 Å². The Kier molecular flexibility index (Phi) is 3.40. The van der Waals surface area contributed by atoms with Crippen molar-refractivity contribution in [2.24, 2.45) is 0 Å². The Morgan fingerprint density at radius 1 is 1.04 bits per heavy atom. The van der Waals surface area contributed by atoms with E-state index >= 15 is 0 Å². The molecule has 23 heavy (non-hydrogen) atoms. The van der Waals surface area contributed by atoms with Gasteiger partial charge in [0, 0.05) is 12.3 Å². The molecule has 0 atom stereocenters. The Labute approximate surface area is 130 Å². The number of ether oxygens (including phenoxy) is 2. The summed E-state index contributed by atoms with van der Waals surface area (Å²) in [5, 5.41) is 0.958. The van der Waals surface area contributed by atoms with Crippen LogP contribution in [-0.4, -0.2) is 36.6 Å². The lowest BCUT2D eigenvalue weighted by atomic mass is 10.1. The van der Waals surface area contributed by atoms with Gasteiger partial charge in [-0.15, -0.1) is 0 Å². The molecule has 2 heterocycles. The number of rotatable bonds is 2. The second kappa shape index (κ2) is 5.28. The summed E-state index contributed by atoms with van der Waals surface area (Å²) in [5.41, 5.74) is 0.639. The highest BCUT2D eigenvalue weighted by molar-refractivity contribution is 6.21. The number of hydrogen-bond donors (Lipinski definition) is 0. The van der Waals surface area contributed by atoms with Gasteiger partial charge < -0.3 is 13.9 Å². The fraction of sp³-hybridized carbons (Fsp3) is 0.188. The van der Waals surface area contributed by atoms with Crippen LogP contribution in [0.1, 0.15) is 32.6 Å². The van der Waals surface area contributed by atoms with E-state index in [1.54, 1.807) is 24.3 Å². The molecular formula is C16H13NO6. The van der Waals surface area contributed by atoms with Crippen molar-refractivity contribution in [3.63, 3.8) is 0 Å². The molecule has 1 aromatic carbocycles. The van der Waals surface area contributed by atoms with Crippen molar-refractivity contribution >= 4 is 39.8 Å². The number of esters is 2. The molecule has 0 aliphatic rings. The van der Waals surface area contributed by atoms with Crippen LogP contribution in [0.25, 0.3) is 22.0 Å². The van der Waals surface area contributed by atoms with Gasteiger partial charge in [-0.1, -0.05) is 18.2 Å². The molecule has 0 aliphatic heterocycles. The van der Waals surface area contributed by atoms with Crippen LogP contribution in [0, 0.1) is 0 Å². The molecular weight excluding hydrogens is 302 g/mol. The van der Waals surface area contributed by atoms with Gasteiger partial charge in [0.05, 0.1) is 25.1 Å². The number of para-hydroxylation sites is 1. The minimum absolute atomic E-state index is 0.0504. The third-order valence-corrected chi connectivity index (χ3v) is 3.58. The molecule has 0 unspecified atom stereocenters. The topological polar surface area (TPSA) is 87.7 Å². The molecule has 3 aromatic rings. The first-order chi connectivity index (χ1) is 11.0. The van der Waals surface area contributed by atoms with Crippen LogP contribution in [0.4, 0.5) is 0 Å². The van der Waals surface area contributed by atoms with Crippen molar-refractivity contribution in [2.75, 3.05) is 14.2 Å². The first-order valence-electron chi connectivity index (χ1n) is 6.74. The van der Waals surface area contributed by atoms with Gasteiger partial charge in [-0.3, -0.25) is 4.79 Å². The standard InChI is InChI=1S/C16H13NO6/c1-8(18)17-10-7-5-4-6-9(10)11-12(15(19)21-2)13(16(20)22-3)23-14(11)17/h4-7H,1-3H3. The smallest absolute Gasteiger partial charge is 0.375 e. The summed E-state index contributed by atoms with van der Waals surface area (Å²) in [5.74, 6) is -2.15. The number of methoxy groups -OCH3 is 2. The van der Waals surface area contributed by atoms with E-state index in [1.165, 1.54) is 25.7 Å². The van der Waals surface area contributed by atoms with E-state index in [-0.39, 0.29) is 22.9 Å². The maximum atomic E-state index is 12.2.